The maximum absolute atomic E-state index is 12.5. The summed E-state index contributed by atoms with van der Waals surface area (Å²) >= 11 is 1.49. The minimum absolute atomic E-state index is 0.00210. The average Bonchev–Trinajstić information content (AvgIpc) is 3.30. The number of rotatable bonds is 7. The van der Waals surface area contributed by atoms with E-state index in [1.54, 1.807) is 36.8 Å². The molecule has 0 aliphatic rings. The molecule has 6 aromatic rings. The number of hydrogen-bond donors (Lipinski definition) is 3. The highest BCUT2D eigenvalue weighted by atomic mass is 32.2. The summed E-state index contributed by atoms with van der Waals surface area (Å²) in [6, 6.07) is 11.7. The molecule has 5 heterocycles. The first kappa shape index (κ1) is 22.6. The molecule has 0 amide bonds. The Morgan fingerprint density at radius 2 is 1.46 bits per heavy atom. The molecule has 0 bridgehead atoms. The molecule has 0 saturated heterocycles. The molecule has 14 heteroatoms. The Kier molecular flexibility index (Phi) is 5.71. The topological polar surface area (TPSA) is 160 Å². The number of aromatic nitrogens is 7. The maximum atomic E-state index is 12.5. The number of anilines is 5. The number of sulfonamides is 1. The monoisotopic (exact) mass is 528 g/mol. The maximum Gasteiger partial charge on any atom is 0.264 e. The van der Waals surface area contributed by atoms with Gasteiger partial charge in [0, 0.05) is 29.7 Å². The van der Waals surface area contributed by atoms with Gasteiger partial charge in [-0.1, -0.05) is 0 Å². The Bertz CT molecular complexity index is 1810. The number of pyridine rings is 1. The van der Waals surface area contributed by atoms with E-state index in [1.165, 1.54) is 42.2 Å². The molecule has 6 rings (SSSR count). The zero-order chi connectivity index (χ0) is 25.2. The van der Waals surface area contributed by atoms with Crippen molar-refractivity contribution < 1.29 is 8.42 Å². The van der Waals surface area contributed by atoms with Crippen molar-refractivity contribution >= 4 is 70.9 Å². The second kappa shape index (κ2) is 9.33. The molecular formula is C23H16N10O2S2. The van der Waals surface area contributed by atoms with Crippen LogP contribution in [0, 0.1) is 0 Å². The number of fused-ring (bicyclic) bond motifs is 3. The summed E-state index contributed by atoms with van der Waals surface area (Å²) in [5, 5.41) is 7.26. The fourth-order valence-electron chi connectivity index (χ4n) is 3.48. The van der Waals surface area contributed by atoms with Gasteiger partial charge in [0.2, 0.25) is 11.9 Å². The molecule has 0 radical (unpaired) electrons. The van der Waals surface area contributed by atoms with Gasteiger partial charge in [-0.05, 0) is 42.5 Å². The molecule has 0 atom stereocenters. The summed E-state index contributed by atoms with van der Waals surface area (Å²) in [6.07, 6.45) is 9.37. The summed E-state index contributed by atoms with van der Waals surface area (Å²) in [5.41, 5.74) is 2.10. The van der Waals surface area contributed by atoms with Crippen LogP contribution in [-0.2, 0) is 10.0 Å². The van der Waals surface area contributed by atoms with E-state index in [4.69, 9.17) is 0 Å². The minimum atomic E-state index is -3.81. The van der Waals surface area contributed by atoms with Gasteiger partial charge in [-0.2, -0.15) is 0 Å². The van der Waals surface area contributed by atoms with Crippen LogP contribution < -0.4 is 15.4 Å². The van der Waals surface area contributed by atoms with Crippen molar-refractivity contribution in [3.8, 4) is 0 Å². The Balaban J connectivity index is 1.15. The fraction of sp³-hybridized carbons (Fsp3) is 0. The minimum Gasteiger partial charge on any atom is -0.353 e. The Morgan fingerprint density at radius 1 is 0.703 bits per heavy atom. The van der Waals surface area contributed by atoms with Crippen molar-refractivity contribution in [2.75, 3.05) is 15.4 Å². The lowest BCUT2D eigenvalue weighted by molar-refractivity contribution is 0.601. The third-order valence-corrected chi connectivity index (χ3v) is 7.61. The van der Waals surface area contributed by atoms with Gasteiger partial charge >= 0.3 is 0 Å². The first-order chi connectivity index (χ1) is 18.0. The lowest BCUT2D eigenvalue weighted by Gasteiger charge is -2.09. The third kappa shape index (κ3) is 4.70. The average molecular weight is 529 g/mol. The quantitative estimate of drug-likeness (QED) is 0.273. The van der Waals surface area contributed by atoms with Crippen LogP contribution in [0.5, 0.6) is 0 Å². The summed E-state index contributed by atoms with van der Waals surface area (Å²) in [7, 11) is -3.81. The predicted molar refractivity (Wildman–Crippen MR) is 141 cm³/mol. The van der Waals surface area contributed by atoms with Crippen molar-refractivity contribution in [2.24, 2.45) is 0 Å². The molecule has 5 aromatic heterocycles. The highest BCUT2D eigenvalue weighted by molar-refractivity contribution is 7.92. The molecule has 0 saturated carbocycles. The molecule has 0 aliphatic carbocycles. The van der Waals surface area contributed by atoms with Crippen LogP contribution in [0.25, 0.3) is 20.4 Å². The van der Waals surface area contributed by atoms with Crippen molar-refractivity contribution in [3.63, 3.8) is 0 Å². The molecule has 37 heavy (non-hydrogen) atoms. The second-order valence-corrected chi connectivity index (χ2v) is 10.3. The Hall–Kier alpha value is -4.82. The van der Waals surface area contributed by atoms with Gasteiger partial charge in [0.25, 0.3) is 10.0 Å². The van der Waals surface area contributed by atoms with Gasteiger partial charge < -0.3 is 10.6 Å². The molecule has 182 valence electrons. The summed E-state index contributed by atoms with van der Waals surface area (Å²) in [6.45, 7) is 0. The van der Waals surface area contributed by atoms with Crippen LogP contribution in [-0.4, -0.2) is 43.3 Å². The number of hydrogen-bond acceptors (Lipinski definition) is 12. The van der Waals surface area contributed by atoms with Crippen LogP contribution in [0.3, 0.4) is 0 Å². The fourth-order valence-corrected chi connectivity index (χ4v) is 5.48. The number of thiophene rings is 1. The number of nitrogens with zero attached hydrogens (tertiary/aromatic N) is 7. The summed E-state index contributed by atoms with van der Waals surface area (Å²) in [5.74, 6) is 0.967. The van der Waals surface area contributed by atoms with E-state index in [9.17, 15) is 8.42 Å². The molecule has 0 fully saturated rings. The predicted octanol–water partition coefficient (Wildman–Crippen LogP) is 4.11. The van der Waals surface area contributed by atoms with Gasteiger partial charge in [0.05, 0.1) is 33.2 Å². The molecule has 3 N–H and O–H groups in total. The molecule has 0 unspecified atom stereocenters. The molecule has 12 nitrogen and oxygen atoms in total. The lowest BCUT2D eigenvalue weighted by Crippen LogP contribution is -2.14. The van der Waals surface area contributed by atoms with Crippen LogP contribution in [0.1, 0.15) is 0 Å². The third-order valence-electron chi connectivity index (χ3n) is 5.16. The Morgan fingerprint density at radius 3 is 2.24 bits per heavy atom. The van der Waals surface area contributed by atoms with Gasteiger partial charge in [0.1, 0.15) is 11.2 Å². The van der Waals surface area contributed by atoms with E-state index < -0.39 is 10.0 Å². The van der Waals surface area contributed by atoms with Gasteiger partial charge in [0.15, 0.2) is 5.82 Å². The van der Waals surface area contributed by atoms with Gasteiger partial charge in [-0.15, -0.1) is 11.3 Å². The lowest BCUT2D eigenvalue weighted by atomic mass is 10.3. The standard InChI is InChI=1S/C23H16N10O2S2/c34-37(35,33-23-25-9-2-10-26-23)16-6-4-14(5-7-16)31-15-11-27-22(28-12-15)32-20-19-18(29-13-30-20)17-3-1-8-24-21(17)36-19/h1-13,31H,(H,25,26,33)(H,27,28,29,30,32). The van der Waals surface area contributed by atoms with Crippen molar-refractivity contribution in [2.45, 2.75) is 4.90 Å². The van der Waals surface area contributed by atoms with E-state index >= 15 is 0 Å². The van der Waals surface area contributed by atoms with Gasteiger partial charge in [-0.3, -0.25) is 0 Å². The van der Waals surface area contributed by atoms with Crippen LogP contribution in [0.4, 0.5) is 29.1 Å². The number of benzene rings is 1. The van der Waals surface area contributed by atoms with E-state index in [0.29, 0.717) is 23.1 Å². The normalized spacial score (nSPS) is 11.5. The molecular weight excluding hydrogens is 512 g/mol. The Labute approximate surface area is 214 Å². The number of nitrogens with one attached hydrogen (secondary N) is 3. The van der Waals surface area contributed by atoms with Crippen molar-refractivity contribution in [1.29, 1.82) is 0 Å². The van der Waals surface area contributed by atoms with Crippen molar-refractivity contribution in [3.05, 3.63) is 79.8 Å². The highest BCUT2D eigenvalue weighted by Crippen LogP contribution is 2.35. The van der Waals surface area contributed by atoms with E-state index in [1.807, 2.05) is 12.1 Å². The zero-order valence-corrected chi connectivity index (χ0v) is 20.4. The SMILES string of the molecule is O=S(=O)(Nc1ncccn1)c1ccc(Nc2cnc(Nc3ncnc4c3sc3ncccc34)nc2)cc1. The van der Waals surface area contributed by atoms with E-state index in [0.717, 1.165) is 20.4 Å². The first-order valence-electron chi connectivity index (χ1n) is 10.8. The smallest absolute Gasteiger partial charge is 0.264 e. The van der Waals surface area contributed by atoms with Crippen LogP contribution >= 0.6 is 11.3 Å². The highest BCUT2D eigenvalue weighted by Gasteiger charge is 2.16. The second-order valence-electron chi connectivity index (χ2n) is 7.61. The van der Waals surface area contributed by atoms with E-state index in [-0.39, 0.29) is 10.8 Å². The summed E-state index contributed by atoms with van der Waals surface area (Å²) in [4.78, 5) is 30.6. The van der Waals surface area contributed by atoms with Gasteiger partial charge in [-0.25, -0.2) is 48.0 Å². The molecule has 1 aromatic carbocycles. The van der Waals surface area contributed by atoms with Crippen LogP contribution in [0.15, 0.2) is 84.7 Å². The largest absolute Gasteiger partial charge is 0.353 e. The summed E-state index contributed by atoms with van der Waals surface area (Å²) < 4.78 is 28.3. The molecule has 0 aliphatic heterocycles. The van der Waals surface area contributed by atoms with E-state index in [2.05, 4.69) is 50.2 Å². The van der Waals surface area contributed by atoms with Crippen LogP contribution in [0.2, 0.25) is 0 Å². The first-order valence-corrected chi connectivity index (χ1v) is 13.1. The molecule has 0 spiro atoms. The zero-order valence-electron chi connectivity index (χ0n) is 18.8. The van der Waals surface area contributed by atoms with Crippen molar-refractivity contribution in [1.82, 2.24) is 34.9 Å².